The molecule has 6 nitrogen and oxygen atoms in total. The molecule has 0 spiro atoms. The van der Waals surface area contributed by atoms with Gasteiger partial charge in [-0.05, 0) is 31.1 Å². The van der Waals surface area contributed by atoms with Crippen molar-refractivity contribution < 1.29 is 9.90 Å². The topological polar surface area (TPSA) is 69.6 Å². The molecule has 3 heterocycles. The molecule has 1 N–H and O–H groups in total. The predicted molar refractivity (Wildman–Crippen MR) is 86.9 cm³/mol. The Bertz CT molecular complexity index is 514. The molecule has 22 heavy (non-hydrogen) atoms. The van der Waals surface area contributed by atoms with Gasteiger partial charge in [0.2, 0.25) is 5.95 Å². The van der Waals surface area contributed by atoms with Gasteiger partial charge >= 0.3 is 0 Å². The second kappa shape index (κ2) is 6.42. The minimum Gasteiger partial charge on any atom is -0.379 e. The van der Waals surface area contributed by atoms with Crippen LogP contribution in [0.25, 0.3) is 0 Å². The monoisotopic (exact) mass is 322 g/mol. The van der Waals surface area contributed by atoms with Crippen molar-refractivity contribution in [1.82, 2.24) is 14.9 Å². The van der Waals surface area contributed by atoms with E-state index in [9.17, 15) is 9.90 Å². The van der Waals surface area contributed by atoms with Gasteiger partial charge < -0.3 is 14.9 Å². The van der Waals surface area contributed by atoms with E-state index >= 15 is 0 Å². The Kier molecular flexibility index (Phi) is 4.54. The molecule has 7 heteroatoms. The van der Waals surface area contributed by atoms with Gasteiger partial charge in [0.15, 0.2) is 5.60 Å². The average Bonchev–Trinajstić information content (AvgIpc) is 3.02. The van der Waals surface area contributed by atoms with Crippen molar-refractivity contribution in [2.24, 2.45) is 0 Å². The Morgan fingerprint density at radius 1 is 1.41 bits per heavy atom. The van der Waals surface area contributed by atoms with E-state index in [4.69, 9.17) is 0 Å². The van der Waals surface area contributed by atoms with Crippen LogP contribution in [0, 0.1) is 0 Å². The molecule has 2 saturated heterocycles. The predicted octanol–water partition coefficient (Wildman–Crippen LogP) is 0.772. The molecule has 1 amide bonds. The summed E-state index contributed by atoms with van der Waals surface area (Å²) in [6.07, 6.45) is 5.82. The SMILES string of the molecule is CN(C(=O)C1(O)CCSC1)C1CCN(c2ncccn2)CC1. The van der Waals surface area contributed by atoms with Gasteiger partial charge in [0, 0.05) is 44.3 Å². The molecule has 1 aromatic rings. The molecule has 2 fully saturated rings. The van der Waals surface area contributed by atoms with Crippen molar-refractivity contribution >= 4 is 23.6 Å². The fraction of sp³-hybridized carbons (Fsp3) is 0.667. The first-order chi connectivity index (χ1) is 10.6. The molecule has 2 aliphatic heterocycles. The molecular weight excluding hydrogens is 300 g/mol. The van der Waals surface area contributed by atoms with E-state index in [0.29, 0.717) is 12.2 Å². The summed E-state index contributed by atoms with van der Waals surface area (Å²) in [6, 6.07) is 1.99. The Morgan fingerprint density at radius 3 is 2.68 bits per heavy atom. The second-order valence-electron chi connectivity index (χ2n) is 6.02. The summed E-state index contributed by atoms with van der Waals surface area (Å²) in [5.74, 6) is 2.01. The molecular formula is C15H22N4O2S. The number of anilines is 1. The maximum Gasteiger partial charge on any atom is 0.255 e. The van der Waals surface area contributed by atoms with Crippen LogP contribution in [0.15, 0.2) is 18.5 Å². The van der Waals surface area contributed by atoms with E-state index < -0.39 is 5.60 Å². The zero-order valence-electron chi connectivity index (χ0n) is 12.8. The minimum atomic E-state index is -1.15. The van der Waals surface area contributed by atoms with Crippen LogP contribution in [0.1, 0.15) is 19.3 Å². The molecule has 1 atom stereocenters. The number of amides is 1. The fourth-order valence-corrected chi connectivity index (χ4v) is 4.36. The number of hydrogen-bond acceptors (Lipinski definition) is 6. The van der Waals surface area contributed by atoms with Gasteiger partial charge in [0.1, 0.15) is 0 Å². The van der Waals surface area contributed by atoms with Gasteiger partial charge in [-0.2, -0.15) is 11.8 Å². The summed E-state index contributed by atoms with van der Waals surface area (Å²) in [7, 11) is 1.82. The minimum absolute atomic E-state index is 0.119. The first-order valence-corrected chi connectivity index (χ1v) is 8.85. The zero-order valence-corrected chi connectivity index (χ0v) is 13.6. The smallest absolute Gasteiger partial charge is 0.255 e. The van der Waals surface area contributed by atoms with Gasteiger partial charge in [0.25, 0.3) is 5.91 Å². The maximum atomic E-state index is 12.5. The summed E-state index contributed by atoms with van der Waals surface area (Å²) < 4.78 is 0. The van der Waals surface area contributed by atoms with Crippen LogP contribution in [0.5, 0.6) is 0 Å². The standard InChI is InChI=1S/C15H22N4O2S/c1-18(13(20)15(21)5-10-22-11-15)12-3-8-19(9-4-12)14-16-6-2-7-17-14/h2,6-7,12,21H,3-5,8-11H2,1H3. The van der Waals surface area contributed by atoms with E-state index in [1.165, 1.54) is 0 Å². The number of thioether (sulfide) groups is 1. The molecule has 1 aromatic heterocycles. The molecule has 1 unspecified atom stereocenters. The van der Waals surface area contributed by atoms with Crippen LogP contribution in [0.3, 0.4) is 0 Å². The van der Waals surface area contributed by atoms with Crippen LogP contribution >= 0.6 is 11.8 Å². The first-order valence-electron chi connectivity index (χ1n) is 7.69. The quantitative estimate of drug-likeness (QED) is 0.886. The number of piperidine rings is 1. The van der Waals surface area contributed by atoms with Gasteiger partial charge in [-0.3, -0.25) is 4.79 Å². The largest absolute Gasteiger partial charge is 0.379 e. The lowest BCUT2D eigenvalue weighted by Gasteiger charge is -2.39. The third kappa shape index (κ3) is 3.05. The summed E-state index contributed by atoms with van der Waals surface area (Å²) in [4.78, 5) is 25.0. The van der Waals surface area contributed by atoms with Crippen molar-refractivity contribution in [1.29, 1.82) is 0 Å². The number of hydrogen-bond donors (Lipinski definition) is 1. The van der Waals surface area contributed by atoms with E-state index in [0.717, 1.165) is 37.6 Å². The van der Waals surface area contributed by atoms with E-state index in [-0.39, 0.29) is 11.9 Å². The Balaban J connectivity index is 1.58. The highest BCUT2D eigenvalue weighted by atomic mass is 32.2. The highest BCUT2D eigenvalue weighted by molar-refractivity contribution is 7.99. The Morgan fingerprint density at radius 2 is 2.09 bits per heavy atom. The second-order valence-corrected chi connectivity index (χ2v) is 7.12. The van der Waals surface area contributed by atoms with E-state index in [1.807, 2.05) is 13.1 Å². The van der Waals surface area contributed by atoms with Gasteiger partial charge in [-0.25, -0.2) is 9.97 Å². The summed E-state index contributed by atoms with van der Waals surface area (Å²) in [6.45, 7) is 1.67. The van der Waals surface area contributed by atoms with Crippen molar-refractivity contribution in [3.63, 3.8) is 0 Å². The van der Waals surface area contributed by atoms with Gasteiger partial charge in [-0.1, -0.05) is 0 Å². The lowest BCUT2D eigenvalue weighted by Crippen LogP contribution is -2.53. The fourth-order valence-electron chi connectivity index (χ4n) is 3.12. The molecule has 120 valence electrons. The number of aliphatic hydroxyl groups is 1. The number of nitrogens with zero attached hydrogens (tertiary/aromatic N) is 4. The highest BCUT2D eigenvalue weighted by Crippen LogP contribution is 2.31. The lowest BCUT2D eigenvalue weighted by molar-refractivity contribution is -0.149. The average molecular weight is 322 g/mol. The van der Waals surface area contributed by atoms with E-state index in [2.05, 4.69) is 14.9 Å². The van der Waals surface area contributed by atoms with Crippen LogP contribution < -0.4 is 4.90 Å². The van der Waals surface area contributed by atoms with Crippen molar-refractivity contribution in [3.8, 4) is 0 Å². The molecule has 0 saturated carbocycles. The third-order valence-corrected chi connectivity index (χ3v) is 5.74. The van der Waals surface area contributed by atoms with Crippen molar-refractivity contribution in [3.05, 3.63) is 18.5 Å². The molecule has 2 aliphatic rings. The van der Waals surface area contributed by atoms with Crippen LogP contribution in [-0.4, -0.2) is 69.2 Å². The lowest BCUT2D eigenvalue weighted by atomic mass is 9.98. The first kappa shape index (κ1) is 15.6. The highest BCUT2D eigenvalue weighted by Gasteiger charge is 2.43. The number of aromatic nitrogens is 2. The van der Waals surface area contributed by atoms with E-state index in [1.54, 1.807) is 29.1 Å². The summed E-state index contributed by atoms with van der Waals surface area (Å²) in [5, 5.41) is 10.4. The number of likely N-dealkylation sites (N-methyl/N-ethyl adjacent to an activating group) is 1. The zero-order chi connectivity index (χ0) is 15.6. The number of rotatable bonds is 3. The molecule has 0 radical (unpaired) electrons. The van der Waals surface area contributed by atoms with Crippen LogP contribution in [-0.2, 0) is 4.79 Å². The summed E-state index contributed by atoms with van der Waals surface area (Å²) in [5.41, 5.74) is -1.15. The maximum absolute atomic E-state index is 12.5. The third-order valence-electron chi connectivity index (χ3n) is 4.57. The Hall–Kier alpha value is -1.34. The number of carbonyl (C=O) groups excluding carboxylic acids is 1. The van der Waals surface area contributed by atoms with Crippen LogP contribution in [0.2, 0.25) is 0 Å². The molecule has 0 aromatic carbocycles. The Labute approximate surface area is 134 Å². The normalized spacial score (nSPS) is 26.2. The van der Waals surface area contributed by atoms with Crippen LogP contribution in [0.4, 0.5) is 5.95 Å². The van der Waals surface area contributed by atoms with Crippen molar-refractivity contribution in [2.45, 2.75) is 30.9 Å². The molecule has 0 aliphatic carbocycles. The van der Waals surface area contributed by atoms with Gasteiger partial charge in [0.05, 0.1) is 0 Å². The summed E-state index contributed by atoms with van der Waals surface area (Å²) >= 11 is 1.65. The molecule has 0 bridgehead atoms. The van der Waals surface area contributed by atoms with Crippen molar-refractivity contribution in [2.75, 3.05) is 36.5 Å². The molecule has 3 rings (SSSR count). The van der Waals surface area contributed by atoms with Gasteiger partial charge in [-0.15, -0.1) is 0 Å². The number of carbonyl (C=O) groups is 1.